The van der Waals surface area contributed by atoms with Gasteiger partial charge in [0, 0.05) is 11.2 Å². The summed E-state index contributed by atoms with van der Waals surface area (Å²) in [6.07, 6.45) is 4.93. The van der Waals surface area contributed by atoms with Gasteiger partial charge in [-0.25, -0.2) is 4.68 Å². The summed E-state index contributed by atoms with van der Waals surface area (Å²) in [5.41, 5.74) is 3.31. The number of halogens is 1. The van der Waals surface area contributed by atoms with E-state index >= 15 is 0 Å². The van der Waals surface area contributed by atoms with Crippen molar-refractivity contribution < 1.29 is 0 Å². The predicted molar refractivity (Wildman–Crippen MR) is 70.9 cm³/mol. The van der Waals surface area contributed by atoms with Crippen LogP contribution >= 0.6 is 11.6 Å². The molecule has 2 rings (SSSR count). The highest BCUT2D eigenvalue weighted by Gasteiger charge is 2.05. The van der Waals surface area contributed by atoms with Crippen LogP contribution in [-0.2, 0) is 6.42 Å². The Kier molecular flexibility index (Phi) is 3.82. The minimum absolute atomic E-state index is 0.773. The second-order valence-corrected chi connectivity index (χ2v) is 4.44. The number of nitrogens with zero attached hydrogens (tertiary/aromatic N) is 2. The topological polar surface area (TPSA) is 29.9 Å². The van der Waals surface area contributed by atoms with Crippen molar-refractivity contribution in [2.24, 2.45) is 0 Å². The summed E-state index contributed by atoms with van der Waals surface area (Å²) in [5, 5.41) is 8.27. The Labute approximate surface area is 106 Å². The van der Waals surface area contributed by atoms with Gasteiger partial charge >= 0.3 is 0 Å². The second kappa shape index (κ2) is 5.34. The van der Waals surface area contributed by atoms with E-state index in [0.717, 1.165) is 29.2 Å². The maximum atomic E-state index is 6.10. The fourth-order valence-corrected chi connectivity index (χ4v) is 1.90. The molecule has 0 aliphatic carbocycles. The smallest absolute Gasteiger partial charge is 0.0689 e. The lowest BCUT2D eigenvalue weighted by Crippen LogP contribution is -2.09. The van der Waals surface area contributed by atoms with E-state index in [1.807, 2.05) is 43.0 Å². The molecular formula is C13H16ClN3. The molecular weight excluding hydrogens is 234 g/mol. The standard InChI is InChI=1S/C13H16ClN3/c1-10-12(14)4-3-5-13(10)17-9-11(8-16-17)6-7-15-2/h3-5,8-9,15H,6-7H2,1-2H3. The highest BCUT2D eigenvalue weighted by Crippen LogP contribution is 2.21. The van der Waals surface area contributed by atoms with E-state index in [1.165, 1.54) is 5.56 Å². The van der Waals surface area contributed by atoms with E-state index in [9.17, 15) is 0 Å². The van der Waals surface area contributed by atoms with Gasteiger partial charge in [0.15, 0.2) is 0 Å². The van der Waals surface area contributed by atoms with Gasteiger partial charge in [0.25, 0.3) is 0 Å². The predicted octanol–water partition coefficient (Wildman–Crippen LogP) is 2.60. The van der Waals surface area contributed by atoms with E-state index in [2.05, 4.69) is 16.6 Å². The summed E-state index contributed by atoms with van der Waals surface area (Å²) >= 11 is 6.10. The molecule has 0 saturated carbocycles. The Morgan fingerprint density at radius 3 is 3.00 bits per heavy atom. The molecule has 0 amide bonds. The maximum Gasteiger partial charge on any atom is 0.0689 e. The van der Waals surface area contributed by atoms with Crippen molar-refractivity contribution in [2.75, 3.05) is 13.6 Å². The average molecular weight is 250 g/mol. The van der Waals surface area contributed by atoms with Crippen LogP contribution in [0.2, 0.25) is 5.02 Å². The van der Waals surface area contributed by atoms with Crippen LogP contribution < -0.4 is 5.32 Å². The third kappa shape index (κ3) is 2.68. The van der Waals surface area contributed by atoms with E-state index < -0.39 is 0 Å². The van der Waals surface area contributed by atoms with E-state index in [4.69, 9.17) is 11.6 Å². The molecule has 0 bridgehead atoms. The lowest BCUT2D eigenvalue weighted by molar-refractivity contribution is 0.791. The molecule has 1 N–H and O–H groups in total. The maximum absolute atomic E-state index is 6.10. The Morgan fingerprint density at radius 2 is 2.24 bits per heavy atom. The van der Waals surface area contributed by atoms with Crippen molar-refractivity contribution in [3.05, 3.63) is 46.7 Å². The summed E-state index contributed by atoms with van der Waals surface area (Å²) in [6, 6.07) is 5.86. The van der Waals surface area contributed by atoms with Gasteiger partial charge in [0.2, 0.25) is 0 Å². The minimum atomic E-state index is 0.773. The summed E-state index contributed by atoms with van der Waals surface area (Å²) in [7, 11) is 1.95. The molecule has 90 valence electrons. The second-order valence-electron chi connectivity index (χ2n) is 4.03. The van der Waals surface area contributed by atoms with Gasteiger partial charge in [0.1, 0.15) is 0 Å². The van der Waals surface area contributed by atoms with E-state index in [1.54, 1.807) is 0 Å². The van der Waals surface area contributed by atoms with Gasteiger partial charge < -0.3 is 5.32 Å². The molecule has 4 heteroatoms. The molecule has 0 atom stereocenters. The zero-order chi connectivity index (χ0) is 12.3. The first-order valence-corrected chi connectivity index (χ1v) is 6.04. The van der Waals surface area contributed by atoms with Crippen molar-refractivity contribution in [3.8, 4) is 5.69 Å². The first-order chi connectivity index (χ1) is 8.22. The largest absolute Gasteiger partial charge is 0.319 e. The van der Waals surface area contributed by atoms with Crippen LogP contribution in [0, 0.1) is 6.92 Å². The Morgan fingerprint density at radius 1 is 1.41 bits per heavy atom. The summed E-state index contributed by atoms with van der Waals surface area (Å²) in [6.45, 7) is 2.97. The van der Waals surface area contributed by atoms with Gasteiger partial charge in [-0.15, -0.1) is 0 Å². The Hall–Kier alpha value is -1.32. The number of hydrogen-bond acceptors (Lipinski definition) is 2. The molecule has 0 aliphatic heterocycles. The zero-order valence-electron chi connectivity index (χ0n) is 10.1. The van der Waals surface area contributed by atoms with Crippen molar-refractivity contribution in [1.82, 2.24) is 15.1 Å². The molecule has 1 aromatic heterocycles. The molecule has 0 radical (unpaired) electrons. The van der Waals surface area contributed by atoms with Gasteiger partial charge in [-0.3, -0.25) is 0 Å². The number of benzene rings is 1. The molecule has 17 heavy (non-hydrogen) atoms. The van der Waals surface area contributed by atoms with Crippen LogP contribution in [0.25, 0.3) is 5.69 Å². The van der Waals surface area contributed by atoms with Crippen LogP contribution in [0.5, 0.6) is 0 Å². The lowest BCUT2D eigenvalue weighted by atomic mass is 10.2. The molecule has 0 saturated heterocycles. The minimum Gasteiger partial charge on any atom is -0.319 e. The van der Waals surface area contributed by atoms with Gasteiger partial charge in [0.05, 0.1) is 11.9 Å². The summed E-state index contributed by atoms with van der Waals surface area (Å²) in [5.74, 6) is 0. The molecule has 0 aliphatic rings. The highest BCUT2D eigenvalue weighted by atomic mass is 35.5. The van der Waals surface area contributed by atoms with Crippen LogP contribution in [0.4, 0.5) is 0 Å². The Balaban J connectivity index is 2.27. The van der Waals surface area contributed by atoms with Crippen LogP contribution in [0.15, 0.2) is 30.6 Å². The molecule has 0 spiro atoms. The molecule has 0 fully saturated rings. The fraction of sp³-hybridized carbons (Fsp3) is 0.308. The average Bonchev–Trinajstić information content (AvgIpc) is 2.78. The van der Waals surface area contributed by atoms with Crippen molar-refractivity contribution in [2.45, 2.75) is 13.3 Å². The molecule has 2 aromatic rings. The van der Waals surface area contributed by atoms with Crippen molar-refractivity contribution >= 4 is 11.6 Å². The zero-order valence-corrected chi connectivity index (χ0v) is 10.8. The molecule has 3 nitrogen and oxygen atoms in total. The number of nitrogens with one attached hydrogen (secondary N) is 1. The molecule has 1 heterocycles. The van der Waals surface area contributed by atoms with Crippen molar-refractivity contribution in [3.63, 3.8) is 0 Å². The van der Waals surface area contributed by atoms with Crippen LogP contribution in [0.1, 0.15) is 11.1 Å². The Bertz CT molecular complexity index is 505. The first kappa shape index (κ1) is 12.1. The highest BCUT2D eigenvalue weighted by molar-refractivity contribution is 6.31. The number of hydrogen-bond donors (Lipinski definition) is 1. The molecule has 1 aromatic carbocycles. The quantitative estimate of drug-likeness (QED) is 0.903. The monoisotopic (exact) mass is 249 g/mol. The third-order valence-electron chi connectivity index (χ3n) is 2.79. The number of rotatable bonds is 4. The summed E-state index contributed by atoms with van der Waals surface area (Å²) in [4.78, 5) is 0. The summed E-state index contributed by atoms with van der Waals surface area (Å²) < 4.78 is 1.88. The molecule has 0 unspecified atom stereocenters. The lowest BCUT2D eigenvalue weighted by Gasteiger charge is -2.06. The van der Waals surface area contributed by atoms with Crippen LogP contribution in [0.3, 0.4) is 0 Å². The van der Waals surface area contributed by atoms with E-state index in [0.29, 0.717) is 0 Å². The van der Waals surface area contributed by atoms with Gasteiger partial charge in [-0.05, 0) is 50.2 Å². The third-order valence-corrected chi connectivity index (χ3v) is 3.20. The van der Waals surface area contributed by atoms with Gasteiger partial charge in [-0.2, -0.15) is 5.10 Å². The normalized spacial score (nSPS) is 10.8. The number of likely N-dealkylation sites (N-methyl/N-ethyl adjacent to an activating group) is 1. The first-order valence-electron chi connectivity index (χ1n) is 5.66. The SMILES string of the molecule is CNCCc1cnn(-c2cccc(Cl)c2C)c1. The number of aromatic nitrogens is 2. The van der Waals surface area contributed by atoms with Crippen molar-refractivity contribution in [1.29, 1.82) is 0 Å². The van der Waals surface area contributed by atoms with Gasteiger partial charge in [-0.1, -0.05) is 17.7 Å². The fourth-order valence-electron chi connectivity index (χ4n) is 1.73. The van der Waals surface area contributed by atoms with E-state index in [-0.39, 0.29) is 0 Å². The van der Waals surface area contributed by atoms with Crippen LogP contribution in [-0.4, -0.2) is 23.4 Å².